The summed E-state index contributed by atoms with van der Waals surface area (Å²) in [4.78, 5) is 26.8. The van der Waals surface area contributed by atoms with E-state index in [-0.39, 0.29) is 18.5 Å². The Bertz CT molecular complexity index is 555. The maximum Gasteiger partial charge on any atom is 0.326 e. The zero-order chi connectivity index (χ0) is 22.1. The van der Waals surface area contributed by atoms with Gasteiger partial charge in [-0.3, -0.25) is 9.79 Å². The van der Waals surface area contributed by atoms with Crippen LogP contribution in [0, 0.1) is 5.92 Å². The molecule has 0 aromatic carbocycles. The third-order valence-electron chi connectivity index (χ3n) is 4.21. The summed E-state index contributed by atoms with van der Waals surface area (Å²) in [6.07, 6.45) is 12.9. The molecule has 2 atom stereocenters. The number of hydrogen-bond acceptors (Lipinski definition) is 4. The van der Waals surface area contributed by atoms with E-state index in [2.05, 4.69) is 24.2 Å². The molecule has 8 heteroatoms. The number of carbonyl (C=O) groups is 2. The van der Waals surface area contributed by atoms with Crippen molar-refractivity contribution in [3.05, 3.63) is 24.3 Å². The van der Waals surface area contributed by atoms with E-state index in [1.807, 2.05) is 6.08 Å². The molecule has 7 N–H and O–H groups in total. The molecule has 0 bridgehead atoms. The van der Waals surface area contributed by atoms with E-state index in [1.54, 1.807) is 12.2 Å². The zero-order valence-corrected chi connectivity index (χ0v) is 17.7. The van der Waals surface area contributed by atoms with Gasteiger partial charge in [-0.25, -0.2) is 4.79 Å². The van der Waals surface area contributed by atoms with Gasteiger partial charge in [0, 0.05) is 12.6 Å². The van der Waals surface area contributed by atoms with Gasteiger partial charge in [-0.05, 0) is 44.4 Å². The maximum atomic E-state index is 11.8. The molecule has 0 aliphatic rings. The highest BCUT2D eigenvalue weighted by Crippen LogP contribution is 2.12. The van der Waals surface area contributed by atoms with Crippen LogP contribution in [-0.2, 0) is 9.59 Å². The third-order valence-corrected chi connectivity index (χ3v) is 4.21. The molecule has 29 heavy (non-hydrogen) atoms. The summed E-state index contributed by atoms with van der Waals surface area (Å²) in [5.74, 6) is -1.07. The van der Waals surface area contributed by atoms with Crippen molar-refractivity contribution in [1.82, 2.24) is 5.32 Å². The average molecular weight is 411 g/mol. The number of carboxylic acid groups (broad SMARTS) is 1. The number of nitrogens with two attached hydrogens (primary N) is 2. The van der Waals surface area contributed by atoms with Gasteiger partial charge < -0.3 is 27.0 Å². The lowest BCUT2D eigenvalue weighted by atomic mass is 10.0. The molecule has 0 spiro atoms. The highest BCUT2D eigenvalue weighted by molar-refractivity contribution is 5.91. The minimum absolute atomic E-state index is 0.0423. The number of nitrogens with one attached hydrogen (secondary N) is 1. The van der Waals surface area contributed by atoms with Gasteiger partial charge in [0.1, 0.15) is 6.04 Å². The molecule has 0 aliphatic carbocycles. The van der Waals surface area contributed by atoms with Crippen molar-refractivity contribution >= 4 is 17.8 Å². The van der Waals surface area contributed by atoms with Gasteiger partial charge >= 0.3 is 5.97 Å². The summed E-state index contributed by atoms with van der Waals surface area (Å²) in [5.41, 5.74) is 10.4. The summed E-state index contributed by atoms with van der Waals surface area (Å²) in [7, 11) is 0. The predicted molar refractivity (Wildman–Crippen MR) is 116 cm³/mol. The Morgan fingerprint density at radius 2 is 1.79 bits per heavy atom. The van der Waals surface area contributed by atoms with Gasteiger partial charge in [-0.2, -0.15) is 0 Å². The van der Waals surface area contributed by atoms with E-state index in [9.17, 15) is 14.7 Å². The standard InChI is InChI=1S/C21H38N4O4/c1-16(2)15-17(26)11-8-6-4-3-5-7-9-13-19(27)25-18(20(28)29)12-10-14-24-21(22)23/h5,7,9,13,16-18,26H,3-4,6,8,10-12,14-15H2,1-2H3,(H,25,27)(H,28,29)(H4,22,23,24)/b7-5+,13-9+/t17?,18-/m0/s1. The average Bonchev–Trinajstić information content (AvgIpc) is 2.61. The van der Waals surface area contributed by atoms with E-state index < -0.39 is 17.9 Å². The van der Waals surface area contributed by atoms with E-state index in [1.165, 1.54) is 6.08 Å². The molecule has 0 aliphatic heterocycles. The number of unbranched alkanes of at least 4 members (excludes halogenated alkanes) is 3. The fourth-order valence-electron chi connectivity index (χ4n) is 2.78. The van der Waals surface area contributed by atoms with E-state index in [0.717, 1.165) is 38.5 Å². The molecule has 0 heterocycles. The third kappa shape index (κ3) is 17.5. The number of nitrogens with zero attached hydrogens (tertiary/aromatic N) is 1. The highest BCUT2D eigenvalue weighted by atomic mass is 16.4. The second-order valence-electron chi connectivity index (χ2n) is 7.56. The number of carboxylic acids is 1. The number of amides is 1. The first-order chi connectivity index (χ1) is 13.7. The minimum Gasteiger partial charge on any atom is -0.480 e. The van der Waals surface area contributed by atoms with Crippen LogP contribution in [0.5, 0.6) is 0 Å². The number of guanidine groups is 1. The summed E-state index contributed by atoms with van der Waals surface area (Å²) >= 11 is 0. The first-order valence-corrected chi connectivity index (χ1v) is 10.3. The van der Waals surface area contributed by atoms with E-state index in [0.29, 0.717) is 18.9 Å². The Morgan fingerprint density at radius 1 is 1.07 bits per heavy atom. The number of carbonyl (C=O) groups excluding carboxylic acids is 1. The van der Waals surface area contributed by atoms with Crippen LogP contribution in [0.4, 0.5) is 0 Å². The fourth-order valence-corrected chi connectivity index (χ4v) is 2.78. The first-order valence-electron chi connectivity index (χ1n) is 10.3. The number of aliphatic hydroxyl groups is 1. The van der Waals surface area contributed by atoms with Crippen molar-refractivity contribution in [1.29, 1.82) is 0 Å². The highest BCUT2D eigenvalue weighted by Gasteiger charge is 2.18. The quantitative estimate of drug-likeness (QED) is 0.0864. The van der Waals surface area contributed by atoms with Crippen LogP contribution in [0.25, 0.3) is 0 Å². The smallest absolute Gasteiger partial charge is 0.326 e. The molecule has 0 aromatic heterocycles. The van der Waals surface area contributed by atoms with Crippen LogP contribution >= 0.6 is 0 Å². The first kappa shape index (κ1) is 26.6. The Hall–Kier alpha value is -2.35. The molecule has 0 radical (unpaired) electrons. The van der Waals surface area contributed by atoms with Crippen LogP contribution < -0.4 is 16.8 Å². The summed E-state index contributed by atoms with van der Waals surface area (Å²) in [6, 6.07) is -0.976. The number of hydrogen-bond donors (Lipinski definition) is 5. The second-order valence-corrected chi connectivity index (χ2v) is 7.56. The summed E-state index contributed by atoms with van der Waals surface area (Å²) in [5, 5.41) is 21.4. The van der Waals surface area contributed by atoms with Crippen molar-refractivity contribution in [3.63, 3.8) is 0 Å². The lowest BCUT2D eigenvalue weighted by Crippen LogP contribution is -2.40. The van der Waals surface area contributed by atoms with Gasteiger partial charge in [0.2, 0.25) is 5.91 Å². The Morgan fingerprint density at radius 3 is 2.41 bits per heavy atom. The number of rotatable bonds is 16. The second kappa shape index (κ2) is 16.6. The van der Waals surface area contributed by atoms with Crippen LogP contribution in [0.3, 0.4) is 0 Å². The van der Waals surface area contributed by atoms with Gasteiger partial charge in [0.25, 0.3) is 0 Å². The molecule has 0 saturated heterocycles. The van der Waals surface area contributed by atoms with Crippen molar-refractivity contribution in [3.8, 4) is 0 Å². The molecular weight excluding hydrogens is 372 g/mol. The largest absolute Gasteiger partial charge is 0.480 e. The van der Waals surface area contributed by atoms with Crippen LogP contribution in [0.15, 0.2) is 29.3 Å². The van der Waals surface area contributed by atoms with Gasteiger partial charge in [-0.1, -0.05) is 44.9 Å². The lowest BCUT2D eigenvalue weighted by Gasteiger charge is -2.12. The number of aliphatic carboxylic acids is 1. The topological polar surface area (TPSA) is 151 Å². The molecular formula is C21H38N4O4. The van der Waals surface area contributed by atoms with Crippen LogP contribution in [0.1, 0.15) is 65.2 Å². The molecule has 0 saturated carbocycles. The van der Waals surface area contributed by atoms with Crippen LogP contribution in [-0.4, -0.2) is 46.7 Å². The monoisotopic (exact) mass is 410 g/mol. The maximum absolute atomic E-state index is 11.8. The fraction of sp³-hybridized carbons (Fsp3) is 0.667. The van der Waals surface area contributed by atoms with Crippen molar-refractivity contribution in [2.45, 2.75) is 77.4 Å². The van der Waals surface area contributed by atoms with Crippen molar-refractivity contribution in [2.24, 2.45) is 22.4 Å². The number of aliphatic imine (C=N–C) groups is 1. The summed E-state index contributed by atoms with van der Waals surface area (Å²) < 4.78 is 0. The molecule has 1 unspecified atom stereocenters. The Labute approximate surface area is 174 Å². The molecule has 1 amide bonds. The molecule has 166 valence electrons. The van der Waals surface area contributed by atoms with E-state index in [4.69, 9.17) is 16.6 Å². The molecule has 0 rings (SSSR count). The van der Waals surface area contributed by atoms with Gasteiger partial charge in [0.15, 0.2) is 5.96 Å². The van der Waals surface area contributed by atoms with Crippen molar-refractivity contribution < 1.29 is 19.8 Å². The summed E-state index contributed by atoms with van der Waals surface area (Å²) in [6.45, 7) is 4.54. The number of aliphatic hydroxyl groups excluding tert-OH is 1. The normalized spacial score (nSPS) is 13.7. The van der Waals surface area contributed by atoms with Gasteiger partial charge in [-0.15, -0.1) is 0 Å². The zero-order valence-electron chi connectivity index (χ0n) is 17.7. The molecule has 0 fully saturated rings. The van der Waals surface area contributed by atoms with E-state index >= 15 is 0 Å². The Balaban J connectivity index is 3.98. The SMILES string of the molecule is CC(C)CC(O)CCCCC/C=C/C=C/C(=O)N[C@@H](CCCN=C(N)N)C(=O)O. The van der Waals surface area contributed by atoms with Gasteiger partial charge in [0.05, 0.1) is 6.10 Å². The molecule has 8 nitrogen and oxygen atoms in total. The van der Waals surface area contributed by atoms with Crippen LogP contribution in [0.2, 0.25) is 0 Å². The number of allylic oxidation sites excluding steroid dienone is 3. The lowest BCUT2D eigenvalue weighted by molar-refractivity contribution is -0.141. The Kier molecular flexibility index (Phi) is 15.2. The minimum atomic E-state index is -1.09. The predicted octanol–water partition coefficient (Wildman–Crippen LogP) is 2.08. The van der Waals surface area contributed by atoms with Crippen molar-refractivity contribution in [2.75, 3.05) is 6.54 Å². The molecule has 0 aromatic rings.